The van der Waals surface area contributed by atoms with E-state index in [4.69, 9.17) is 0 Å². The number of allylic oxidation sites excluding steroid dienone is 4. The topological polar surface area (TPSA) is 0 Å². The van der Waals surface area contributed by atoms with Crippen LogP contribution in [-0.4, -0.2) is 7.25 Å². The molecule has 8 aromatic rings. The fourth-order valence-corrected chi connectivity index (χ4v) is 12.4. The van der Waals surface area contributed by atoms with Gasteiger partial charge in [0.2, 0.25) is 0 Å². The van der Waals surface area contributed by atoms with E-state index in [9.17, 15) is 17.3 Å². The molecule has 0 aliphatic heterocycles. The van der Waals surface area contributed by atoms with Gasteiger partial charge in [0.15, 0.2) is 0 Å². The minimum atomic E-state index is -6.00. The fraction of sp³-hybridized carbons (Fsp3) is 0.0769. The first kappa shape index (κ1) is 44.6. The van der Waals surface area contributed by atoms with E-state index in [1.54, 1.807) is 0 Å². The van der Waals surface area contributed by atoms with Gasteiger partial charge in [-0.2, -0.15) is 0 Å². The first-order chi connectivity index (χ1) is 28.9. The quantitative estimate of drug-likeness (QED) is 0.0647. The average molecular weight is 921 g/mol. The molecular weight excluding hydrogens is 876 g/mol. The van der Waals surface area contributed by atoms with Crippen molar-refractivity contribution in [1.82, 2.24) is 0 Å². The van der Waals surface area contributed by atoms with Gasteiger partial charge in [-0.3, -0.25) is 0 Å². The summed E-state index contributed by atoms with van der Waals surface area (Å²) in [6, 6.07) is 71.8. The van der Waals surface area contributed by atoms with Crippen molar-refractivity contribution in [2.24, 2.45) is 0 Å². The maximum atomic E-state index is 9.75. The van der Waals surface area contributed by atoms with Crippen LogP contribution in [-0.2, 0) is 19.5 Å². The zero-order chi connectivity index (χ0) is 40.9. The summed E-state index contributed by atoms with van der Waals surface area (Å²) in [5.74, 6) is 0. The monoisotopic (exact) mass is 920 g/mol. The van der Waals surface area contributed by atoms with Gasteiger partial charge < -0.3 is 17.3 Å². The van der Waals surface area contributed by atoms with Gasteiger partial charge in [0.25, 0.3) is 0 Å². The van der Waals surface area contributed by atoms with E-state index in [2.05, 4.69) is 218 Å². The predicted octanol–water partition coefficient (Wildman–Crippen LogP) is 13.1. The molecular formula is C52H44BF4P2Rh-. The SMILES string of the molecule is C1=C\CC/C=C\CC/1.F[B-](F)(F)F.[Rh].c1ccc(P(c2ccccc2)c2ccc3ccccc3c2-c2c(P(c3ccccc3)c3ccccc3)ccc3ccccc23)cc1. The van der Waals surface area contributed by atoms with E-state index in [1.807, 2.05) is 0 Å². The molecule has 60 heavy (non-hydrogen) atoms. The molecule has 0 saturated heterocycles. The normalized spacial score (nSPS) is 13.5. The minimum absolute atomic E-state index is 0. The third-order valence-electron chi connectivity index (χ3n) is 9.94. The molecule has 1 aliphatic rings. The third-order valence-corrected chi connectivity index (χ3v) is 14.9. The molecule has 1 radical (unpaired) electrons. The van der Waals surface area contributed by atoms with Gasteiger partial charge in [0, 0.05) is 19.5 Å². The molecule has 8 heteroatoms. The van der Waals surface area contributed by atoms with Gasteiger partial charge in [-0.25, -0.2) is 0 Å². The molecule has 8 aromatic carbocycles. The number of fused-ring (bicyclic) bond motifs is 2. The van der Waals surface area contributed by atoms with E-state index in [0.717, 1.165) is 0 Å². The standard InChI is InChI=1S/C44H32P2.C8H12.BF4.Rh/c1-5-19-35(20-6-1)45(36-21-7-2-8-22-36)41-31-29-33-17-13-15-27-39(33)43(41)44-40-28-16-14-18-34(40)30-32-42(44)46(37-23-9-3-10-24-37)38-25-11-4-12-26-38;1-2-4-6-8-7-5-3-1;2-1(3,4)5;/h1-32H;1-2,7-8H,3-6H2;;/q;;-1;/b;2-1-,8-7-;;. The Morgan fingerprint density at radius 2 is 0.567 bits per heavy atom. The van der Waals surface area contributed by atoms with Crippen LogP contribution in [0, 0.1) is 0 Å². The van der Waals surface area contributed by atoms with E-state index >= 15 is 0 Å². The molecule has 0 spiro atoms. The second-order valence-corrected chi connectivity index (χ2v) is 18.3. The van der Waals surface area contributed by atoms with E-state index < -0.39 is 23.1 Å². The van der Waals surface area contributed by atoms with Gasteiger partial charge in [-0.05, 0) is 106 Å². The number of benzene rings is 8. The minimum Gasteiger partial charge on any atom is -0.418 e. The molecule has 0 nitrogen and oxygen atoms in total. The largest absolute Gasteiger partial charge is 0.673 e. The Kier molecular flexibility index (Phi) is 16.4. The third kappa shape index (κ3) is 11.6. The maximum absolute atomic E-state index is 9.75. The number of rotatable bonds is 7. The molecule has 0 fully saturated rings. The summed E-state index contributed by atoms with van der Waals surface area (Å²) in [7, 11) is -7.70. The summed E-state index contributed by atoms with van der Waals surface area (Å²) in [4.78, 5) is 0. The van der Waals surface area contributed by atoms with Crippen LogP contribution in [0.2, 0.25) is 0 Å². The van der Waals surface area contributed by atoms with Crippen molar-refractivity contribution in [3.05, 3.63) is 218 Å². The Hall–Kier alpha value is -4.97. The molecule has 9 rings (SSSR count). The molecule has 0 N–H and O–H groups in total. The summed E-state index contributed by atoms with van der Waals surface area (Å²) >= 11 is 0. The Labute approximate surface area is 366 Å². The summed E-state index contributed by atoms with van der Waals surface area (Å²) in [5, 5.41) is 13.3. The van der Waals surface area contributed by atoms with Crippen molar-refractivity contribution < 1.29 is 36.7 Å². The first-order valence-electron chi connectivity index (χ1n) is 19.9. The second-order valence-electron chi connectivity index (χ2n) is 14.0. The molecule has 0 amide bonds. The summed E-state index contributed by atoms with van der Waals surface area (Å²) in [6.07, 6.45) is 14.0. The Morgan fingerprint density at radius 3 is 0.850 bits per heavy atom. The number of halogens is 4. The Morgan fingerprint density at radius 1 is 0.317 bits per heavy atom. The van der Waals surface area contributed by atoms with E-state index in [0.29, 0.717) is 0 Å². The molecule has 0 heterocycles. The molecule has 1 aliphatic carbocycles. The van der Waals surface area contributed by atoms with Gasteiger partial charge in [0.1, 0.15) is 0 Å². The number of hydrogen-bond donors (Lipinski definition) is 0. The molecule has 0 bridgehead atoms. The van der Waals surface area contributed by atoms with Crippen molar-refractivity contribution >= 4 is 76.5 Å². The summed E-state index contributed by atoms with van der Waals surface area (Å²) in [5.41, 5.74) is 2.70. The van der Waals surface area contributed by atoms with Crippen molar-refractivity contribution in [1.29, 1.82) is 0 Å². The van der Waals surface area contributed by atoms with Gasteiger partial charge in [-0.1, -0.05) is 218 Å². The predicted molar refractivity (Wildman–Crippen MR) is 251 cm³/mol. The molecule has 0 atom stereocenters. The average Bonchev–Trinajstić information content (AvgIpc) is 3.25. The Bertz CT molecular complexity index is 2340. The van der Waals surface area contributed by atoms with Crippen LogP contribution in [0.5, 0.6) is 0 Å². The van der Waals surface area contributed by atoms with Gasteiger partial charge in [-0.15, -0.1) is 0 Å². The number of hydrogen-bond acceptors (Lipinski definition) is 0. The van der Waals surface area contributed by atoms with Crippen LogP contribution < -0.4 is 31.8 Å². The summed E-state index contributed by atoms with van der Waals surface area (Å²) < 4.78 is 39.0. The van der Waals surface area contributed by atoms with Crippen molar-refractivity contribution in [2.45, 2.75) is 25.7 Å². The maximum Gasteiger partial charge on any atom is 0.673 e. The van der Waals surface area contributed by atoms with E-state index in [-0.39, 0.29) is 19.5 Å². The first-order valence-corrected chi connectivity index (χ1v) is 22.6. The smallest absolute Gasteiger partial charge is 0.418 e. The van der Waals surface area contributed by atoms with Crippen LogP contribution in [0.3, 0.4) is 0 Å². The van der Waals surface area contributed by atoms with Crippen LogP contribution in [0.4, 0.5) is 17.3 Å². The zero-order valence-electron chi connectivity index (χ0n) is 32.9. The molecule has 0 saturated carbocycles. The van der Waals surface area contributed by atoms with Crippen LogP contribution in [0.1, 0.15) is 25.7 Å². The van der Waals surface area contributed by atoms with Crippen molar-refractivity contribution in [2.75, 3.05) is 0 Å². The zero-order valence-corrected chi connectivity index (χ0v) is 36.4. The van der Waals surface area contributed by atoms with Crippen LogP contribution in [0.25, 0.3) is 32.7 Å². The van der Waals surface area contributed by atoms with Gasteiger partial charge >= 0.3 is 7.25 Å². The van der Waals surface area contributed by atoms with Crippen LogP contribution in [0.15, 0.2) is 218 Å². The molecule has 0 unspecified atom stereocenters. The van der Waals surface area contributed by atoms with Gasteiger partial charge in [0.05, 0.1) is 0 Å². The van der Waals surface area contributed by atoms with Crippen molar-refractivity contribution in [3.63, 3.8) is 0 Å². The van der Waals surface area contributed by atoms with E-state index in [1.165, 1.54) is 90.2 Å². The van der Waals surface area contributed by atoms with Crippen molar-refractivity contribution in [3.8, 4) is 11.1 Å². The van der Waals surface area contributed by atoms with Crippen LogP contribution >= 0.6 is 15.8 Å². The Balaban J connectivity index is 0.000000373. The molecule has 303 valence electrons. The summed E-state index contributed by atoms with van der Waals surface area (Å²) in [6.45, 7) is 0. The fourth-order valence-electron chi connectivity index (χ4n) is 7.44. The second kappa shape index (κ2) is 22.0. The molecule has 0 aromatic heterocycles.